The van der Waals surface area contributed by atoms with E-state index in [4.69, 9.17) is 15.3 Å². The van der Waals surface area contributed by atoms with Crippen LogP contribution < -0.4 is 4.74 Å². The van der Waals surface area contributed by atoms with Gasteiger partial charge in [-0.3, -0.25) is 10.1 Å². The fourth-order valence-electron chi connectivity index (χ4n) is 1.36. The molecule has 0 radical (unpaired) electrons. The minimum Gasteiger partial charge on any atom is -0.430 e. The van der Waals surface area contributed by atoms with E-state index in [1.807, 2.05) is 0 Å². The molecule has 1 heterocycles. The second-order valence-electron chi connectivity index (χ2n) is 3.51. The van der Waals surface area contributed by atoms with Gasteiger partial charge in [0, 0.05) is 6.07 Å². The molecule has 0 saturated carbocycles. The lowest BCUT2D eigenvalue weighted by Crippen LogP contribution is -1.96. The van der Waals surface area contributed by atoms with Crippen LogP contribution in [0.2, 0.25) is 0 Å². The number of aromatic nitrogens is 2. The van der Waals surface area contributed by atoms with Crippen molar-refractivity contribution < 1.29 is 9.66 Å². The molecule has 0 spiro atoms. The first kappa shape index (κ1) is 12.9. The van der Waals surface area contributed by atoms with Gasteiger partial charge in [0.15, 0.2) is 5.69 Å². The smallest absolute Gasteiger partial charge is 0.312 e. The van der Waals surface area contributed by atoms with Crippen molar-refractivity contribution in [3.8, 4) is 23.8 Å². The Morgan fingerprint density at radius 1 is 1.20 bits per heavy atom. The van der Waals surface area contributed by atoms with Crippen molar-refractivity contribution in [2.24, 2.45) is 0 Å². The summed E-state index contributed by atoms with van der Waals surface area (Å²) in [5, 5.41) is 28.2. The molecule has 2 aromatic rings. The molecule has 1 aromatic carbocycles. The molecule has 96 valence electrons. The van der Waals surface area contributed by atoms with Gasteiger partial charge < -0.3 is 4.74 Å². The Labute approximate surface area is 112 Å². The second-order valence-corrected chi connectivity index (χ2v) is 3.51. The fraction of sp³-hybridized carbons (Fsp3) is 0. The van der Waals surface area contributed by atoms with Crippen LogP contribution in [0.25, 0.3) is 0 Å². The summed E-state index contributed by atoms with van der Waals surface area (Å²) in [6.07, 6.45) is 2.37. The highest BCUT2D eigenvalue weighted by Gasteiger charge is 2.17. The van der Waals surface area contributed by atoms with Gasteiger partial charge in [-0.15, -0.1) is 0 Å². The van der Waals surface area contributed by atoms with Crippen LogP contribution in [0, 0.1) is 32.8 Å². The van der Waals surface area contributed by atoms with E-state index in [1.54, 1.807) is 12.1 Å². The summed E-state index contributed by atoms with van der Waals surface area (Å²) < 4.78 is 5.24. The SMILES string of the molecule is N#Cc1ccc(Oc2cnc(C#N)cn2)c([N+](=O)[O-])c1. The molecule has 2 rings (SSSR count). The summed E-state index contributed by atoms with van der Waals surface area (Å²) >= 11 is 0. The van der Waals surface area contributed by atoms with Crippen LogP contribution in [0.5, 0.6) is 11.6 Å². The summed E-state index contributed by atoms with van der Waals surface area (Å²) in [5.74, 6) is -0.0511. The Morgan fingerprint density at radius 2 is 2.00 bits per heavy atom. The van der Waals surface area contributed by atoms with Gasteiger partial charge in [0.2, 0.25) is 11.6 Å². The zero-order valence-corrected chi connectivity index (χ0v) is 9.85. The van der Waals surface area contributed by atoms with Gasteiger partial charge in [0.1, 0.15) is 6.07 Å². The first-order valence-corrected chi connectivity index (χ1v) is 5.22. The molecule has 0 N–H and O–H groups in total. The number of hydrogen-bond acceptors (Lipinski definition) is 7. The summed E-state index contributed by atoms with van der Waals surface area (Å²) in [4.78, 5) is 17.8. The third-order valence-corrected chi connectivity index (χ3v) is 2.24. The molecule has 0 atom stereocenters. The van der Waals surface area contributed by atoms with Gasteiger partial charge in [0.25, 0.3) is 0 Å². The van der Waals surface area contributed by atoms with E-state index >= 15 is 0 Å². The molecule has 20 heavy (non-hydrogen) atoms. The number of rotatable bonds is 3. The van der Waals surface area contributed by atoms with Gasteiger partial charge in [0.05, 0.1) is 28.9 Å². The molecule has 8 nitrogen and oxygen atoms in total. The number of hydrogen-bond donors (Lipinski definition) is 0. The van der Waals surface area contributed by atoms with E-state index in [-0.39, 0.29) is 28.6 Å². The summed E-state index contributed by atoms with van der Waals surface area (Å²) in [6.45, 7) is 0. The summed E-state index contributed by atoms with van der Waals surface area (Å²) in [6, 6.07) is 7.39. The number of nitriles is 2. The first-order chi connectivity index (χ1) is 9.63. The topological polar surface area (TPSA) is 126 Å². The van der Waals surface area contributed by atoms with Crippen molar-refractivity contribution in [2.45, 2.75) is 0 Å². The number of ether oxygens (including phenoxy) is 1. The molecule has 0 aliphatic carbocycles. The van der Waals surface area contributed by atoms with Crippen molar-refractivity contribution in [3.05, 3.63) is 52.0 Å². The van der Waals surface area contributed by atoms with Gasteiger partial charge >= 0.3 is 5.69 Å². The minimum atomic E-state index is -0.659. The van der Waals surface area contributed by atoms with E-state index < -0.39 is 4.92 Å². The maximum atomic E-state index is 10.9. The molecule has 0 fully saturated rings. The number of benzene rings is 1. The quantitative estimate of drug-likeness (QED) is 0.614. The van der Waals surface area contributed by atoms with Crippen LogP contribution in [-0.4, -0.2) is 14.9 Å². The van der Waals surface area contributed by atoms with Crippen molar-refractivity contribution in [1.29, 1.82) is 10.5 Å². The average Bonchev–Trinajstić information content (AvgIpc) is 2.48. The zero-order chi connectivity index (χ0) is 14.5. The standard InChI is InChI=1S/C12H5N5O3/c13-4-8-1-2-11(10(3-8)17(18)19)20-12-7-15-9(5-14)6-16-12/h1-3,6-7H. The predicted molar refractivity (Wildman–Crippen MR) is 64.6 cm³/mol. The third-order valence-electron chi connectivity index (χ3n) is 2.24. The molecule has 0 aliphatic rings. The highest BCUT2D eigenvalue weighted by atomic mass is 16.6. The molecule has 0 amide bonds. The van der Waals surface area contributed by atoms with Crippen molar-refractivity contribution in [3.63, 3.8) is 0 Å². The van der Waals surface area contributed by atoms with E-state index in [1.165, 1.54) is 24.5 Å². The number of nitro benzene ring substituents is 1. The van der Waals surface area contributed by atoms with Crippen LogP contribution in [-0.2, 0) is 0 Å². The Morgan fingerprint density at radius 3 is 2.55 bits per heavy atom. The minimum absolute atomic E-state index is 0.0109. The summed E-state index contributed by atoms with van der Waals surface area (Å²) in [5.41, 5.74) is -0.100. The zero-order valence-electron chi connectivity index (χ0n) is 9.85. The molecule has 0 unspecified atom stereocenters. The monoisotopic (exact) mass is 267 g/mol. The lowest BCUT2D eigenvalue weighted by molar-refractivity contribution is -0.385. The largest absolute Gasteiger partial charge is 0.430 e. The van der Waals surface area contributed by atoms with Gasteiger partial charge in [-0.2, -0.15) is 10.5 Å². The Bertz CT molecular complexity index is 743. The predicted octanol–water partition coefficient (Wildman–Crippen LogP) is 1.92. The van der Waals surface area contributed by atoms with E-state index in [0.717, 1.165) is 6.07 Å². The molecule has 0 saturated heterocycles. The van der Waals surface area contributed by atoms with Gasteiger partial charge in [-0.1, -0.05) is 0 Å². The van der Waals surface area contributed by atoms with E-state index in [9.17, 15) is 10.1 Å². The Kier molecular flexibility index (Phi) is 3.50. The molecule has 1 aromatic heterocycles. The molecule has 0 bridgehead atoms. The Hall–Kier alpha value is -3.52. The lowest BCUT2D eigenvalue weighted by Gasteiger charge is -2.04. The third kappa shape index (κ3) is 2.66. The maximum Gasteiger partial charge on any atom is 0.312 e. The highest BCUT2D eigenvalue weighted by Crippen LogP contribution is 2.30. The van der Waals surface area contributed by atoms with E-state index in [0.29, 0.717) is 0 Å². The Balaban J connectivity index is 2.35. The normalized spacial score (nSPS) is 9.30. The molecule has 8 heteroatoms. The van der Waals surface area contributed by atoms with Crippen molar-refractivity contribution >= 4 is 5.69 Å². The molecular weight excluding hydrogens is 262 g/mol. The first-order valence-electron chi connectivity index (χ1n) is 5.22. The maximum absolute atomic E-state index is 10.9. The van der Waals surface area contributed by atoms with Crippen molar-refractivity contribution in [1.82, 2.24) is 9.97 Å². The van der Waals surface area contributed by atoms with E-state index in [2.05, 4.69) is 9.97 Å². The fourth-order valence-corrected chi connectivity index (χ4v) is 1.36. The van der Waals surface area contributed by atoms with Gasteiger partial charge in [-0.25, -0.2) is 9.97 Å². The molecular formula is C12H5N5O3. The molecule has 0 aliphatic heterocycles. The number of nitro groups is 1. The lowest BCUT2D eigenvalue weighted by atomic mass is 10.2. The van der Waals surface area contributed by atoms with Crippen LogP contribution in [0.15, 0.2) is 30.6 Å². The average molecular weight is 267 g/mol. The highest BCUT2D eigenvalue weighted by molar-refractivity contribution is 5.52. The van der Waals surface area contributed by atoms with Crippen LogP contribution in [0.1, 0.15) is 11.3 Å². The number of nitrogens with zero attached hydrogens (tertiary/aromatic N) is 5. The van der Waals surface area contributed by atoms with Crippen LogP contribution in [0.3, 0.4) is 0 Å². The van der Waals surface area contributed by atoms with Crippen LogP contribution >= 0.6 is 0 Å². The van der Waals surface area contributed by atoms with Gasteiger partial charge in [-0.05, 0) is 12.1 Å². The summed E-state index contributed by atoms with van der Waals surface area (Å²) in [7, 11) is 0. The van der Waals surface area contributed by atoms with Crippen LogP contribution in [0.4, 0.5) is 5.69 Å². The van der Waals surface area contributed by atoms with Crippen molar-refractivity contribution in [2.75, 3.05) is 0 Å². The second kappa shape index (κ2) is 5.42.